The van der Waals surface area contributed by atoms with Gasteiger partial charge in [0.1, 0.15) is 22.5 Å². The molecule has 20 heavy (non-hydrogen) atoms. The Labute approximate surface area is 122 Å². The molecule has 0 radical (unpaired) electrons. The first-order chi connectivity index (χ1) is 9.19. The van der Waals surface area contributed by atoms with Gasteiger partial charge in [0.05, 0.1) is 0 Å². The lowest BCUT2D eigenvalue weighted by molar-refractivity contribution is 0.460. The van der Waals surface area contributed by atoms with Crippen LogP contribution in [0.1, 0.15) is 11.1 Å². The summed E-state index contributed by atoms with van der Waals surface area (Å²) in [6.07, 6.45) is 0. The maximum absolute atomic E-state index is 10.2. The number of phenols is 1. The zero-order valence-electron chi connectivity index (χ0n) is 10.9. The molecule has 0 saturated heterocycles. The second-order valence-corrected chi connectivity index (χ2v) is 4.47. The van der Waals surface area contributed by atoms with E-state index in [1.807, 2.05) is 43.3 Å². The molecule has 5 nitrogen and oxygen atoms in total. The van der Waals surface area contributed by atoms with Crippen molar-refractivity contribution in [1.29, 1.82) is 0 Å². The van der Waals surface area contributed by atoms with Crippen LogP contribution >= 0.6 is 12.4 Å². The summed E-state index contributed by atoms with van der Waals surface area (Å²) in [7, 11) is 0. The van der Waals surface area contributed by atoms with E-state index in [0.29, 0.717) is 11.3 Å². The smallest absolute Gasteiger partial charge is 0.147 e. The largest absolute Gasteiger partial charge is 0.505 e. The number of hydrogen-bond acceptors (Lipinski definition) is 4. The molecule has 104 valence electrons. The maximum atomic E-state index is 10.2. The average Bonchev–Trinajstić information content (AvgIpc) is 2.84. The first kappa shape index (κ1) is 14.3. The Balaban J connectivity index is 0.00000147. The molecular weight excluding hydrogens is 276 g/mol. The number of aromatic nitrogens is 3. The fraction of sp³-hybridized carbons (Fsp3) is 0.143. The van der Waals surface area contributed by atoms with Crippen LogP contribution in [0.5, 0.6) is 5.75 Å². The molecule has 0 saturated carbocycles. The molecule has 0 aliphatic rings. The number of nitrogens with two attached hydrogens (primary N) is 1. The molecule has 0 spiro atoms. The van der Waals surface area contributed by atoms with Crippen LogP contribution in [0.4, 0.5) is 0 Å². The van der Waals surface area contributed by atoms with E-state index >= 15 is 0 Å². The van der Waals surface area contributed by atoms with Crippen molar-refractivity contribution in [1.82, 2.24) is 15.0 Å². The summed E-state index contributed by atoms with van der Waals surface area (Å²) in [5.41, 5.74) is 9.46. The SMILES string of the molecule is Cc1cc(CN)c(O)c(-n2nc3ccccc3n2)c1.Cl. The molecule has 0 fully saturated rings. The van der Waals surface area contributed by atoms with E-state index in [1.165, 1.54) is 4.80 Å². The molecule has 0 amide bonds. The highest BCUT2D eigenvalue weighted by atomic mass is 35.5. The molecule has 0 aliphatic heterocycles. The monoisotopic (exact) mass is 290 g/mol. The number of aromatic hydroxyl groups is 1. The van der Waals surface area contributed by atoms with E-state index in [0.717, 1.165) is 16.6 Å². The van der Waals surface area contributed by atoms with E-state index in [4.69, 9.17) is 5.73 Å². The summed E-state index contributed by atoms with van der Waals surface area (Å²) in [5, 5.41) is 18.9. The third-order valence-corrected chi connectivity index (χ3v) is 3.04. The van der Waals surface area contributed by atoms with Crippen molar-refractivity contribution < 1.29 is 5.11 Å². The Morgan fingerprint density at radius 3 is 2.30 bits per heavy atom. The zero-order valence-corrected chi connectivity index (χ0v) is 11.8. The van der Waals surface area contributed by atoms with E-state index < -0.39 is 0 Å². The van der Waals surface area contributed by atoms with Crippen molar-refractivity contribution in [2.24, 2.45) is 5.73 Å². The van der Waals surface area contributed by atoms with E-state index in [-0.39, 0.29) is 24.7 Å². The number of fused-ring (bicyclic) bond motifs is 1. The first-order valence-corrected chi connectivity index (χ1v) is 6.04. The van der Waals surface area contributed by atoms with Crippen molar-refractivity contribution in [3.63, 3.8) is 0 Å². The van der Waals surface area contributed by atoms with E-state index in [2.05, 4.69) is 10.2 Å². The second-order valence-electron chi connectivity index (χ2n) is 4.47. The Morgan fingerprint density at radius 2 is 1.75 bits per heavy atom. The Kier molecular flexibility index (Phi) is 3.92. The van der Waals surface area contributed by atoms with Crippen LogP contribution < -0.4 is 5.73 Å². The van der Waals surface area contributed by atoms with E-state index in [9.17, 15) is 5.11 Å². The lowest BCUT2D eigenvalue weighted by Crippen LogP contribution is -2.04. The van der Waals surface area contributed by atoms with Gasteiger partial charge in [0.15, 0.2) is 0 Å². The third-order valence-electron chi connectivity index (χ3n) is 3.04. The number of nitrogens with zero attached hydrogens (tertiary/aromatic N) is 3. The molecule has 0 atom stereocenters. The molecule has 1 aromatic heterocycles. The molecule has 1 heterocycles. The molecule has 3 N–H and O–H groups in total. The van der Waals surface area contributed by atoms with Gasteiger partial charge in [-0.05, 0) is 30.7 Å². The second kappa shape index (κ2) is 5.48. The lowest BCUT2D eigenvalue weighted by Gasteiger charge is -2.09. The van der Waals surface area contributed by atoms with Gasteiger partial charge in [-0.1, -0.05) is 18.2 Å². The summed E-state index contributed by atoms with van der Waals surface area (Å²) in [6.45, 7) is 2.23. The van der Waals surface area contributed by atoms with Gasteiger partial charge in [-0.2, -0.15) is 0 Å². The summed E-state index contributed by atoms with van der Waals surface area (Å²) < 4.78 is 0. The number of hydrogen-bond donors (Lipinski definition) is 2. The zero-order chi connectivity index (χ0) is 13.4. The number of aryl methyl sites for hydroxylation is 1. The molecule has 6 heteroatoms. The maximum Gasteiger partial charge on any atom is 0.147 e. The van der Waals surface area contributed by atoms with Crippen LogP contribution in [0.15, 0.2) is 36.4 Å². The third kappa shape index (κ3) is 2.33. The van der Waals surface area contributed by atoms with Crippen LogP contribution in [0.2, 0.25) is 0 Å². The van der Waals surface area contributed by atoms with Gasteiger partial charge in [-0.25, -0.2) is 0 Å². The highest BCUT2D eigenvalue weighted by Crippen LogP contribution is 2.27. The fourth-order valence-corrected chi connectivity index (χ4v) is 2.11. The quantitative estimate of drug-likeness (QED) is 0.759. The van der Waals surface area contributed by atoms with Crippen LogP contribution in [-0.2, 0) is 6.54 Å². The normalized spacial score (nSPS) is 10.5. The van der Waals surface area contributed by atoms with Crippen LogP contribution in [-0.4, -0.2) is 20.1 Å². The number of phenolic OH excluding ortho intramolecular Hbond substituents is 1. The summed E-state index contributed by atoms with van der Waals surface area (Å²) in [6, 6.07) is 11.3. The van der Waals surface area contributed by atoms with Crippen molar-refractivity contribution >= 4 is 23.4 Å². The fourth-order valence-electron chi connectivity index (χ4n) is 2.11. The van der Waals surface area contributed by atoms with Gasteiger partial charge in [-0.15, -0.1) is 27.4 Å². The molecule has 0 unspecified atom stereocenters. The molecule has 0 bridgehead atoms. The van der Waals surface area contributed by atoms with Gasteiger partial charge >= 0.3 is 0 Å². The Bertz CT molecular complexity index is 721. The molecular formula is C14H15ClN4O. The minimum atomic E-state index is 0. The van der Waals surface area contributed by atoms with Gasteiger partial charge in [-0.3, -0.25) is 0 Å². The van der Waals surface area contributed by atoms with Crippen LogP contribution in [0.3, 0.4) is 0 Å². The Morgan fingerprint density at radius 1 is 1.15 bits per heavy atom. The molecule has 0 aliphatic carbocycles. The predicted octanol–water partition coefficient (Wildman–Crippen LogP) is 2.32. The predicted molar refractivity (Wildman–Crippen MR) is 80.4 cm³/mol. The Hall–Kier alpha value is -2.11. The van der Waals surface area contributed by atoms with Gasteiger partial charge in [0.25, 0.3) is 0 Å². The van der Waals surface area contributed by atoms with Crippen molar-refractivity contribution in [2.75, 3.05) is 0 Å². The summed E-state index contributed by atoms with van der Waals surface area (Å²) in [5.74, 6) is 0.133. The minimum absolute atomic E-state index is 0. The summed E-state index contributed by atoms with van der Waals surface area (Å²) >= 11 is 0. The molecule has 3 aromatic rings. The van der Waals surface area contributed by atoms with Gasteiger partial charge in [0, 0.05) is 12.1 Å². The van der Waals surface area contributed by atoms with Crippen LogP contribution in [0.25, 0.3) is 16.7 Å². The van der Waals surface area contributed by atoms with Crippen molar-refractivity contribution in [2.45, 2.75) is 13.5 Å². The number of halogens is 1. The highest BCUT2D eigenvalue weighted by Gasteiger charge is 2.12. The van der Waals surface area contributed by atoms with Gasteiger partial charge in [0.2, 0.25) is 0 Å². The van der Waals surface area contributed by atoms with Gasteiger partial charge < -0.3 is 10.8 Å². The lowest BCUT2D eigenvalue weighted by atomic mass is 10.1. The van der Waals surface area contributed by atoms with E-state index in [1.54, 1.807) is 0 Å². The first-order valence-electron chi connectivity index (χ1n) is 6.04. The van der Waals surface area contributed by atoms with Crippen LogP contribution in [0, 0.1) is 6.92 Å². The van der Waals surface area contributed by atoms with Crippen molar-refractivity contribution in [3.8, 4) is 11.4 Å². The summed E-state index contributed by atoms with van der Waals surface area (Å²) in [4.78, 5) is 1.45. The number of rotatable bonds is 2. The standard InChI is InChI=1S/C14H14N4O.ClH/c1-9-6-10(8-15)14(19)13(7-9)18-16-11-4-2-3-5-12(11)17-18;/h2-7,19H,8,15H2,1H3;1H. The molecule has 3 rings (SSSR count). The molecule has 2 aromatic carbocycles. The van der Waals surface area contributed by atoms with Crippen molar-refractivity contribution in [3.05, 3.63) is 47.5 Å². The topological polar surface area (TPSA) is 77.0 Å². The highest BCUT2D eigenvalue weighted by molar-refractivity contribution is 5.85. The number of benzene rings is 2. The minimum Gasteiger partial charge on any atom is -0.505 e. The average molecular weight is 291 g/mol.